The molecule has 0 radical (unpaired) electrons. The van der Waals surface area contributed by atoms with Gasteiger partial charge in [-0.3, -0.25) is 0 Å². The predicted octanol–water partition coefficient (Wildman–Crippen LogP) is 6.09. The third-order valence-corrected chi connectivity index (χ3v) is 6.07. The minimum atomic E-state index is -4.69. The Labute approximate surface area is 195 Å². The first kappa shape index (κ1) is 24.5. The lowest BCUT2D eigenvalue weighted by Gasteiger charge is -2.13. The van der Waals surface area contributed by atoms with Crippen molar-refractivity contribution in [2.45, 2.75) is 17.2 Å². The fourth-order valence-corrected chi connectivity index (χ4v) is 4.16. The van der Waals surface area contributed by atoms with E-state index in [0.717, 1.165) is 18.2 Å². The largest absolute Gasteiger partial charge is 0.416 e. The van der Waals surface area contributed by atoms with Crippen LogP contribution in [0.1, 0.15) is 22.5 Å². The van der Waals surface area contributed by atoms with Crippen molar-refractivity contribution < 1.29 is 34.8 Å². The second-order valence-corrected chi connectivity index (χ2v) is 9.09. The van der Waals surface area contributed by atoms with Crippen LogP contribution in [0, 0.1) is 0 Å². The van der Waals surface area contributed by atoms with Gasteiger partial charge in [0.1, 0.15) is 5.82 Å². The zero-order valence-corrected chi connectivity index (χ0v) is 18.3. The first-order valence-electron chi connectivity index (χ1n) is 9.81. The minimum Gasteiger partial charge on any atom is -0.338 e. The van der Waals surface area contributed by atoms with E-state index in [1.165, 1.54) is 42.5 Å². The van der Waals surface area contributed by atoms with Crippen LogP contribution in [-0.2, 0) is 22.4 Å². The summed E-state index contributed by atoms with van der Waals surface area (Å²) in [5.41, 5.74) is -0.558. The quantitative estimate of drug-likeness (QED) is 0.325. The molecule has 4 rings (SSSR count). The number of nitrogens with one attached hydrogen (secondary N) is 1. The second-order valence-electron chi connectivity index (χ2n) is 7.56. The molecule has 3 N–H and O–H groups in total. The normalized spacial score (nSPS) is 13.1. The maximum Gasteiger partial charge on any atom is 0.416 e. The number of hydrogen-bond donors (Lipinski definition) is 2. The maximum atomic E-state index is 13.2. The number of hydrogen-bond acceptors (Lipinski definition) is 3. The number of benzene rings is 3. The molecular formula is C23H15F6N3O2S. The average molecular weight is 511 g/mol. The van der Waals surface area contributed by atoms with Crippen LogP contribution in [0.2, 0.25) is 0 Å². The summed E-state index contributed by atoms with van der Waals surface area (Å²) >= 11 is 0. The number of H-pyrrole nitrogens is 1. The van der Waals surface area contributed by atoms with E-state index >= 15 is 0 Å². The van der Waals surface area contributed by atoms with Crippen LogP contribution < -0.4 is 5.14 Å². The summed E-state index contributed by atoms with van der Waals surface area (Å²) in [4.78, 5) is 6.77. The Morgan fingerprint density at radius 1 is 0.800 bits per heavy atom. The molecule has 4 aromatic rings. The van der Waals surface area contributed by atoms with E-state index in [1.54, 1.807) is 0 Å². The van der Waals surface area contributed by atoms with Gasteiger partial charge >= 0.3 is 12.4 Å². The molecule has 0 saturated heterocycles. The van der Waals surface area contributed by atoms with Crippen molar-refractivity contribution in [3.8, 4) is 11.1 Å². The van der Waals surface area contributed by atoms with Crippen LogP contribution in [0.3, 0.4) is 0 Å². The number of alkyl halides is 6. The van der Waals surface area contributed by atoms with Crippen LogP contribution in [0.5, 0.6) is 0 Å². The van der Waals surface area contributed by atoms with E-state index in [-0.39, 0.29) is 11.1 Å². The number of sulfonamides is 1. The van der Waals surface area contributed by atoms with Gasteiger partial charge in [-0.25, -0.2) is 18.5 Å². The molecule has 5 nitrogen and oxygen atoms in total. The van der Waals surface area contributed by atoms with Crippen LogP contribution in [-0.4, -0.2) is 18.4 Å². The summed E-state index contributed by atoms with van der Waals surface area (Å²) in [6.07, 6.45) is -6.09. The van der Waals surface area contributed by atoms with E-state index in [0.29, 0.717) is 34.6 Å². The van der Waals surface area contributed by atoms with Gasteiger partial charge in [0.2, 0.25) is 10.0 Å². The van der Waals surface area contributed by atoms with Crippen LogP contribution in [0.15, 0.2) is 65.6 Å². The Balaban J connectivity index is 1.70. The molecule has 0 unspecified atom stereocenters. The molecule has 1 aromatic heterocycles. The lowest BCUT2D eigenvalue weighted by atomic mass is 10.0. The Morgan fingerprint density at radius 2 is 1.43 bits per heavy atom. The molecular weight excluding hydrogens is 496 g/mol. The zero-order valence-electron chi connectivity index (χ0n) is 17.4. The summed E-state index contributed by atoms with van der Waals surface area (Å²) in [5, 5.41) is 5.20. The van der Waals surface area contributed by atoms with E-state index in [2.05, 4.69) is 9.97 Å². The zero-order chi connectivity index (χ0) is 25.6. The standard InChI is InChI=1S/C23H15F6N3O2S/c24-22(25,26)15-5-1-13(2-6-15)3-10-21-31-18-8-4-14(11-19(18)32-21)17-12-16(23(27,28)29)7-9-20(17)35(30,33)34/h1-12H,(H,31,32)(H2,30,33,34)/b10-3+. The highest BCUT2D eigenvalue weighted by molar-refractivity contribution is 7.89. The third kappa shape index (κ3) is 5.38. The van der Waals surface area contributed by atoms with Gasteiger partial charge in [0.25, 0.3) is 0 Å². The summed E-state index contributed by atoms with van der Waals surface area (Å²) in [5.74, 6) is 0.327. The van der Waals surface area contributed by atoms with Crippen molar-refractivity contribution in [1.82, 2.24) is 9.97 Å². The molecule has 0 aliphatic rings. The molecule has 0 aliphatic heterocycles. The first-order chi connectivity index (χ1) is 16.2. The fraction of sp³-hybridized carbons (Fsp3) is 0.0870. The van der Waals surface area contributed by atoms with Gasteiger partial charge in [-0.15, -0.1) is 0 Å². The van der Waals surface area contributed by atoms with Gasteiger partial charge < -0.3 is 4.98 Å². The number of rotatable bonds is 4. The molecule has 0 aliphatic carbocycles. The Bertz CT molecular complexity index is 1540. The molecule has 1 heterocycles. The molecule has 12 heteroatoms. The van der Waals surface area contributed by atoms with E-state index < -0.39 is 38.4 Å². The number of halogens is 6. The predicted molar refractivity (Wildman–Crippen MR) is 118 cm³/mol. The molecule has 0 saturated carbocycles. The molecule has 0 amide bonds. The third-order valence-electron chi connectivity index (χ3n) is 5.10. The highest BCUT2D eigenvalue weighted by Gasteiger charge is 2.32. The van der Waals surface area contributed by atoms with Gasteiger partial charge in [-0.2, -0.15) is 26.3 Å². The Hall–Kier alpha value is -3.64. The smallest absolute Gasteiger partial charge is 0.338 e. The molecule has 0 fully saturated rings. The number of primary sulfonamides is 1. The number of aromatic nitrogens is 2. The molecule has 0 bridgehead atoms. The van der Waals surface area contributed by atoms with E-state index in [9.17, 15) is 34.8 Å². The summed E-state index contributed by atoms with van der Waals surface area (Å²) in [7, 11) is -4.32. The number of fused-ring (bicyclic) bond motifs is 1. The molecule has 182 valence electrons. The number of nitrogens with two attached hydrogens (primary N) is 1. The SMILES string of the molecule is NS(=O)(=O)c1ccc(C(F)(F)F)cc1-c1ccc2nc(/C=C/c3ccc(C(F)(F)F)cc3)[nH]c2c1. The highest BCUT2D eigenvalue weighted by Crippen LogP contribution is 2.36. The summed E-state index contributed by atoms with van der Waals surface area (Å²) < 4.78 is 102. The lowest BCUT2D eigenvalue weighted by molar-refractivity contribution is -0.138. The minimum absolute atomic E-state index is 0.162. The van der Waals surface area contributed by atoms with Gasteiger partial charge in [0, 0.05) is 5.56 Å². The summed E-state index contributed by atoms with van der Waals surface area (Å²) in [6.45, 7) is 0. The molecule has 35 heavy (non-hydrogen) atoms. The van der Waals surface area contributed by atoms with Crippen LogP contribution >= 0.6 is 0 Å². The van der Waals surface area contributed by atoms with Crippen molar-refractivity contribution in [3.05, 3.63) is 83.2 Å². The molecule has 0 spiro atoms. The van der Waals surface area contributed by atoms with Crippen molar-refractivity contribution >= 4 is 33.2 Å². The second kappa shape index (κ2) is 8.54. The highest BCUT2D eigenvalue weighted by atomic mass is 32.2. The lowest BCUT2D eigenvalue weighted by Crippen LogP contribution is -2.15. The van der Waals surface area contributed by atoms with Crippen molar-refractivity contribution in [2.75, 3.05) is 0 Å². The van der Waals surface area contributed by atoms with E-state index in [1.807, 2.05) is 0 Å². The average Bonchev–Trinajstić information content (AvgIpc) is 3.18. The Morgan fingerprint density at radius 3 is 2.03 bits per heavy atom. The van der Waals surface area contributed by atoms with Gasteiger partial charge in [-0.1, -0.05) is 24.3 Å². The van der Waals surface area contributed by atoms with Crippen molar-refractivity contribution in [1.29, 1.82) is 0 Å². The van der Waals surface area contributed by atoms with Gasteiger partial charge in [-0.05, 0) is 59.7 Å². The van der Waals surface area contributed by atoms with Crippen molar-refractivity contribution in [3.63, 3.8) is 0 Å². The molecule has 3 aromatic carbocycles. The number of aromatic amines is 1. The van der Waals surface area contributed by atoms with Gasteiger partial charge in [0.05, 0.1) is 27.1 Å². The molecule has 0 atom stereocenters. The van der Waals surface area contributed by atoms with E-state index in [4.69, 9.17) is 5.14 Å². The number of nitrogens with zero attached hydrogens (tertiary/aromatic N) is 1. The maximum absolute atomic E-state index is 13.2. The van der Waals surface area contributed by atoms with Crippen molar-refractivity contribution in [2.24, 2.45) is 5.14 Å². The van der Waals surface area contributed by atoms with Crippen LogP contribution in [0.4, 0.5) is 26.3 Å². The monoisotopic (exact) mass is 511 g/mol. The summed E-state index contributed by atoms with van der Waals surface area (Å²) in [6, 6.07) is 11.0. The van der Waals surface area contributed by atoms with Gasteiger partial charge in [0.15, 0.2) is 0 Å². The first-order valence-corrected chi connectivity index (χ1v) is 11.4. The van der Waals surface area contributed by atoms with Crippen LogP contribution in [0.25, 0.3) is 34.3 Å². The fourth-order valence-electron chi connectivity index (χ4n) is 3.41. The Kier molecular flexibility index (Phi) is 5.97. The number of imidazole rings is 1. The topological polar surface area (TPSA) is 88.8 Å².